The highest BCUT2D eigenvalue weighted by Gasteiger charge is 2.17. The molecule has 0 atom stereocenters. The Balaban J connectivity index is 2.24. The molecule has 1 aliphatic rings. The quantitative estimate of drug-likeness (QED) is 0.805. The van der Waals surface area contributed by atoms with E-state index in [1.54, 1.807) is 0 Å². The highest BCUT2D eigenvalue weighted by molar-refractivity contribution is 7.92. The molecule has 4 nitrogen and oxygen atoms in total. The highest BCUT2D eigenvalue weighted by atomic mass is 32.2. The van der Waals surface area contributed by atoms with Crippen LogP contribution in [0.15, 0.2) is 0 Å². The van der Waals surface area contributed by atoms with Crippen molar-refractivity contribution in [3.05, 3.63) is 10.6 Å². The maximum Gasteiger partial charge on any atom is 0.231 e. The molecule has 0 saturated heterocycles. The summed E-state index contributed by atoms with van der Waals surface area (Å²) in [5.74, 6) is 0. The lowest BCUT2D eigenvalue weighted by atomic mass is 10.4. The average Bonchev–Trinajstić information content (AvgIpc) is 2.40. The van der Waals surface area contributed by atoms with Crippen molar-refractivity contribution in [3.63, 3.8) is 0 Å². The van der Waals surface area contributed by atoms with Gasteiger partial charge in [-0.1, -0.05) is 0 Å². The first-order valence-electron chi connectivity index (χ1n) is 4.01. The van der Waals surface area contributed by atoms with E-state index < -0.39 is 10.0 Å². The highest BCUT2D eigenvalue weighted by Crippen LogP contribution is 2.30. The summed E-state index contributed by atoms with van der Waals surface area (Å²) in [6.07, 6.45) is 4.31. The molecule has 1 aliphatic carbocycles. The van der Waals surface area contributed by atoms with Gasteiger partial charge in [-0.2, -0.15) is 0 Å². The average molecular weight is 218 g/mol. The van der Waals surface area contributed by atoms with Crippen LogP contribution in [0.2, 0.25) is 0 Å². The summed E-state index contributed by atoms with van der Waals surface area (Å²) in [6.45, 7) is 0. The maximum atomic E-state index is 10.9. The van der Waals surface area contributed by atoms with Crippen LogP contribution < -0.4 is 4.72 Å². The first-order valence-corrected chi connectivity index (χ1v) is 6.72. The topological polar surface area (TPSA) is 59.1 Å². The molecule has 13 heavy (non-hydrogen) atoms. The Bertz CT molecular complexity index is 400. The Kier molecular flexibility index (Phi) is 2.03. The number of sulfonamides is 1. The molecule has 0 aromatic carbocycles. The van der Waals surface area contributed by atoms with Crippen LogP contribution in [0.1, 0.15) is 17.0 Å². The molecule has 0 bridgehead atoms. The van der Waals surface area contributed by atoms with Crippen LogP contribution in [0.4, 0.5) is 5.13 Å². The fourth-order valence-electron chi connectivity index (χ4n) is 1.39. The number of anilines is 1. The Labute approximate surface area is 81.1 Å². The zero-order chi connectivity index (χ0) is 9.47. The number of thiazole rings is 1. The number of aromatic nitrogens is 1. The molecule has 6 heteroatoms. The summed E-state index contributed by atoms with van der Waals surface area (Å²) < 4.78 is 24.2. The van der Waals surface area contributed by atoms with Crippen molar-refractivity contribution >= 4 is 26.5 Å². The van der Waals surface area contributed by atoms with Crippen molar-refractivity contribution in [2.24, 2.45) is 0 Å². The number of nitrogens with zero attached hydrogens (tertiary/aromatic N) is 1. The molecule has 0 aliphatic heterocycles. The van der Waals surface area contributed by atoms with Crippen molar-refractivity contribution in [1.82, 2.24) is 4.98 Å². The van der Waals surface area contributed by atoms with E-state index >= 15 is 0 Å². The van der Waals surface area contributed by atoms with Gasteiger partial charge >= 0.3 is 0 Å². The lowest BCUT2D eigenvalue weighted by Crippen LogP contribution is -2.09. The molecular formula is C7H10N2O2S2. The third-order valence-corrected chi connectivity index (χ3v) is 3.63. The molecule has 0 unspecified atom stereocenters. The van der Waals surface area contributed by atoms with Gasteiger partial charge in [-0.05, 0) is 19.3 Å². The van der Waals surface area contributed by atoms with Crippen molar-refractivity contribution in [2.75, 3.05) is 11.0 Å². The second-order valence-electron chi connectivity index (χ2n) is 3.12. The van der Waals surface area contributed by atoms with E-state index in [9.17, 15) is 8.42 Å². The minimum atomic E-state index is -3.17. The van der Waals surface area contributed by atoms with Gasteiger partial charge in [-0.15, -0.1) is 11.3 Å². The van der Waals surface area contributed by atoms with Gasteiger partial charge < -0.3 is 0 Å². The summed E-state index contributed by atoms with van der Waals surface area (Å²) in [4.78, 5) is 5.43. The smallest absolute Gasteiger partial charge is 0.231 e. The SMILES string of the molecule is CS(=O)(=O)Nc1nc2c(s1)CCC2. The number of nitrogens with one attached hydrogen (secondary N) is 1. The molecule has 1 aromatic heterocycles. The summed E-state index contributed by atoms with van der Waals surface area (Å²) in [6, 6.07) is 0. The number of rotatable bonds is 2. The van der Waals surface area contributed by atoms with E-state index in [1.165, 1.54) is 16.2 Å². The third kappa shape index (κ3) is 2.00. The molecule has 0 amide bonds. The van der Waals surface area contributed by atoms with Gasteiger partial charge in [-0.3, -0.25) is 4.72 Å². The van der Waals surface area contributed by atoms with Crippen LogP contribution in [0.25, 0.3) is 0 Å². The maximum absolute atomic E-state index is 10.9. The first kappa shape index (κ1) is 8.96. The molecule has 0 fully saturated rings. The summed E-state index contributed by atoms with van der Waals surface area (Å²) in [7, 11) is -3.17. The zero-order valence-corrected chi connectivity index (χ0v) is 8.83. The van der Waals surface area contributed by atoms with E-state index in [-0.39, 0.29) is 0 Å². The van der Waals surface area contributed by atoms with E-state index in [0.717, 1.165) is 31.2 Å². The molecule has 1 aromatic rings. The predicted octanol–water partition coefficient (Wildman–Crippen LogP) is 1.00. The molecule has 2 rings (SSSR count). The van der Waals surface area contributed by atoms with E-state index in [4.69, 9.17) is 0 Å². The second kappa shape index (κ2) is 2.95. The van der Waals surface area contributed by atoms with Gasteiger partial charge in [0.1, 0.15) is 0 Å². The number of fused-ring (bicyclic) bond motifs is 1. The molecule has 72 valence electrons. The van der Waals surface area contributed by atoms with Crippen LogP contribution in [0, 0.1) is 0 Å². The summed E-state index contributed by atoms with van der Waals surface area (Å²) >= 11 is 1.45. The third-order valence-electron chi connectivity index (χ3n) is 1.87. The van der Waals surface area contributed by atoms with Gasteiger partial charge in [0.2, 0.25) is 10.0 Å². The van der Waals surface area contributed by atoms with Crippen LogP contribution in [-0.2, 0) is 22.9 Å². The lowest BCUT2D eigenvalue weighted by Gasteiger charge is -1.96. The van der Waals surface area contributed by atoms with E-state index in [0.29, 0.717) is 5.13 Å². The van der Waals surface area contributed by atoms with Gasteiger partial charge in [-0.25, -0.2) is 13.4 Å². The van der Waals surface area contributed by atoms with Gasteiger partial charge in [0.15, 0.2) is 5.13 Å². The van der Waals surface area contributed by atoms with Crippen molar-refractivity contribution in [2.45, 2.75) is 19.3 Å². The Morgan fingerprint density at radius 1 is 1.46 bits per heavy atom. The molecule has 0 radical (unpaired) electrons. The van der Waals surface area contributed by atoms with Gasteiger partial charge in [0.05, 0.1) is 11.9 Å². The molecule has 1 N–H and O–H groups in total. The van der Waals surface area contributed by atoms with Crippen LogP contribution in [0.5, 0.6) is 0 Å². The standard InChI is InChI=1S/C7H10N2O2S2/c1-13(10,11)9-7-8-5-3-2-4-6(5)12-7/h2-4H2,1H3,(H,8,9). The Morgan fingerprint density at radius 3 is 2.85 bits per heavy atom. The Hall–Kier alpha value is -0.620. The van der Waals surface area contributed by atoms with Crippen molar-refractivity contribution < 1.29 is 8.42 Å². The van der Waals surface area contributed by atoms with Crippen LogP contribution >= 0.6 is 11.3 Å². The normalized spacial score (nSPS) is 15.8. The van der Waals surface area contributed by atoms with E-state index in [1.807, 2.05) is 0 Å². The number of hydrogen-bond donors (Lipinski definition) is 1. The number of hydrogen-bond acceptors (Lipinski definition) is 4. The lowest BCUT2D eigenvalue weighted by molar-refractivity contribution is 0.607. The van der Waals surface area contributed by atoms with Crippen LogP contribution in [-0.4, -0.2) is 19.7 Å². The summed E-state index contributed by atoms with van der Waals surface area (Å²) in [5.41, 5.74) is 1.07. The van der Waals surface area contributed by atoms with Crippen molar-refractivity contribution in [3.8, 4) is 0 Å². The minimum Gasteiger partial charge on any atom is -0.259 e. The molecular weight excluding hydrogens is 208 g/mol. The van der Waals surface area contributed by atoms with E-state index in [2.05, 4.69) is 9.71 Å². The summed E-state index contributed by atoms with van der Waals surface area (Å²) in [5, 5.41) is 0.507. The molecule has 1 heterocycles. The molecule has 0 spiro atoms. The predicted molar refractivity (Wildman–Crippen MR) is 52.6 cm³/mol. The van der Waals surface area contributed by atoms with Crippen LogP contribution in [0.3, 0.4) is 0 Å². The zero-order valence-electron chi connectivity index (χ0n) is 7.20. The first-order chi connectivity index (χ1) is 6.04. The van der Waals surface area contributed by atoms with Gasteiger partial charge in [0.25, 0.3) is 0 Å². The number of aryl methyl sites for hydroxylation is 2. The second-order valence-corrected chi connectivity index (χ2v) is 5.95. The molecule has 0 saturated carbocycles. The van der Waals surface area contributed by atoms with Gasteiger partial charge in [0, 0.05) is 4.88 Å². The monoisotopic (exact) mass is 218 g/mol. The Morgan fingerprint density at radius 2 is 2.23 bits per heavy atom. The fourth-order valence-corrected chi connectivity index (χ4v) is 3.28. The minimum absolute atomic E-state index is 0.507. The fraction of sp³-hybridized carbons (Fsp3) is 0.571. The van der Waals surface area contributed by atoms with Crippen molar-refractivity contribution in [1.29, 1.82) is 0 Å². The largest absolute Gasteiger partial charge is 0.259 e.